The van der Waals surface area contributed by atoms with Crippen LogP contribution in [0, 0.1) is 0 Å². The van der Waals surface area contributed by atoms with Crippen molar-refractivity contribution in [2.24, 2.45) is 0 Å². The Hall–Kier alpha value is -3.77. The molecule has 1 atom stereocenters. The van der Waals surface area contributed by atoms with Gasteiger partial charge in [-0.1, -0.05) is 48.0 Å². The van der Waals surface area contributed by atoms with Crippen LogP contribution in [0.1, 0.15) is 29.0 Å². The van der Waals surface area contributed by atoms with Crippen LogP contribution in [0.3, 0.4) is 0 Å². The van der Waals surface area contributed by atoms with Crippen LogP contribution in [-0.4, -0.2) is 29.9 Å². The highest BCUT2D eigenvalue weighted by Crippen LogP contribution is 2.33. The summed E-state index contributed by atoms with van der Waals surface area (Å²) in [7, 11) is 3.18. The quantitative estimate of drug-likeness (QED) is 0.383. The molecule has 1 heterocycles. The highest BCUT2D eigenvalue weighted by atomic mass is 35.5. The third-order valence-corrected chi connectivity index (χ3v) is 5.56. The summed E-state index contributed by atoms with van der Waals surface area (Å²) >= 11 is 6.22. The molecule has 0 fully saturated rings. The van der Waals surface area contributed by atoms with Crippen LogP contribution in [-0.2, 0) is 0 Å². The number of methoxy groups -OCH3 is 2. The van der Waals surface area contributed by atoms with Gasteiger partial charge in [0, 0.05) is 16.7 Å². The molecule has 33 heavy (non-hydrogen) atoms. The molecule has 0 aliphatic heterocycles. The molecule has 1 amide bonds. The van der Waals surface area contributed by atoms with Gasteiger partial charge in [-0.25, -0.2) is 4.68 Å². The molecule has 0 aliphatic rings. The molecule has 3 aromatic carbocycles. The molecule has 0 saturated heterocycles. The fraction of sp³-hybridized carbons (Fsp3) is 0.154. The third kappa shape index (κ3) is 4.86. The highest BCUT2D eigenvalue weighted by molar-refractivity contribution is 6.30. The van der Waals surface area contributed by atoms with Crippen LogP contribution in [0.4, 0.5) is 0 Å². The Bertz CT molecular complexity index is 1270. The summed E-state index contributed by atoms with van der Waals surface area (Å²) in [5, 5.41) is 8.35. The lowest BCUT2D eigenvalue weighted by Crippen LogP contribution is -2.28. The largest absolute Gasteiger partial charge is 0.497 e. The number of amides is 1. The van der Waals surface area contributed by atoms with Gasteiger partial charge in [0.1, 0.15) is 17.2 Å². The molecule has 6 nitrogen and oxygen atoms in total. The van der Waals surface area contributed by atoms with Crippen molar-refractivity contribution in [1.29, 1.82) is 0 Å². The minimum absolute atomic E-state index is 0.180. The maximum absolute atomic E-state index is 13.4. The van der Waals surface area contributed by atoms with Gasteiger partial charge in [0.2, 0.25) is 0 Å². The molecule has 7 heteroatoms. The molecule has 0 spiro atoms. The zero-order chi connectivity index (χ0) is 23.4. The fourth-order valence-electron chi connectivity index (χ4n) is 3.58. The summed E-state index contributed by atoms with van der Waals surface area (Å²) in [6.45, 7) is 1.95. The monoisotopic (exact) mass is 461 g/mol. The first kappa shape index (κ1) is 22.4. The summed E-state index contributed by atoms with van der Waals surface area (Å²) in [5.74, 6) is 1.01. The normalized spacial score (nSPS) is 11.6. The molecule has 0 bridgehead atoms. The van der Waals surface area contributed by atoms with E-state index in [0.717, 1.165) is 11.1 Å². The zero-order valence-electron chi connectivity index (χ0n) is 18.6. The van der Waals surface area contributed by atoms with Gasteiger partial charge in [0.25, 0.3) is 5.91 Å². The van der Waals surface area contributed by atoms with Gasteiger partial charge in [-0.05, 0) is 48.9 Å². The number of halogens is 1. The second kappa shape index (κ2) is 9.79. The lowest BCUT2D eigenvalue weighted by molar-refractivity contribution is 0.0932. The van der Waals surface area contributed by atoms with E-state index in [1.165, 1.54) is 0 Å². The van der Waals surface area contributed by atoms with Gasteiger partial charge in [0.15, 0.2) is 0 Å². The number of carbonyl (C=O) groups is 1. The van der Waals surface area contributed by atoms with Crippen LogP contribution >= 0.6 is 11.6 Å². The number of carbonyl (C=O) groups excluding carboxylic acids is 1. The number of hydrogen-bond acceptors (Lipinski definition) is 4. The predicted molar refractivity (Wildman–Crippen MR) is 129 cm³/mol. The van der Waals surface area contributed by atoms with E-state index in [-0.39, 0.29) is 11.9 Å². The van der Waals surface area contributed by atoms with E-state index in [4.69, 9.17) is 26.2 Å². The first-order valence-electron chi connectivity index (χ1n) is 10.4. The summed E-state index contributed by atoms with van der Waals surface area (Å²) < 4.78 is 12.4. The Morgan fingerprint density at radius 2 is 1.76 bits per heavy atom. The van der Waals surface area contributed by atoms with E-state index in [2.05, 4.69) is 5.32 Å². The Labute approximate surface area is 197 Å². The van der Waals surface area contributed by atoms with Gasteiger partial charge < -0.3 is 14.8 Å². The first-order valence-corrected chi connectivity index (χ1v) is 10.8. The maximum atomic E-state index is 13.4. The lowest BCUT2D eigenvalue weighted by Gasteiger charge is -2.15. The third-order valence-electron chi connectivity index (χ3n) is 5.33. The van der Waals surface area contributed by atoms with Crippen LogP contribution in [0.5, 0.6) is 11.5 Å². The first-order chi connectivity index (χ1) is 16.0. The second-order valence-electron chi connectivity index (χ2n) is 7.48. The minimum atomic E-state index is -0.252. The van der Waals surface area contributed by atoms with Gasteiger partial charge in [-0.15, -0.1) is 0 Å². The fourth-order valence-corrected chi connectivity index (χ4v) is 3.77. The maximum Gasteiger partial charge on any atom is 0.270 e. The van der Waals surface area contributed by atoms with Crippen molar-refractivity contribution in [2.45, 2.75) is 13.0 Å². The van der Waals surface area contributed by atoms with E-state index in [1.54, 1.807) is 43.2 Å². The second-order valence-corrected chi connectivity index (χ2v) is 7.91. The molecule has 1 N–H and O–H groups in total. The Kier molecular flexibility index (Phi) is 6.66. The molecular weight excluding hydrogens is 438 g/mol. The van der Waals surface area contributed by atoms with Crippen molar-refractivity contribution in [3.63, 3.8) is 0 Å². The van der Waals surface area contributed by atoms with E-state index in [0.29, 0.717) is 33.6 Å². The Morgan fingerprint density at radius 3 is 2.45 bits per heavy atom. The van der Waals surface area contributed by atoms with Gasteiger partial charge >= 0.3 is 0 Å². The summed E-state index contributed by atoms with van der Waals surface area (Å²) in [6, 6.07) is 24.0. The standard InChI is InChI=1S/C26H24ClN3O3/c1-17(18-8-5-4-6-9-18)28-26(31)24-16-23(22-13-12-21(32-2)15-25(22)33-3)29-30(24)20-11-7-10-19(27)14-20/h4-17H,1-3H3,(H,28,31). The van der Waals surface area contributed by atoms with Crippen LogP contribution in [0.15, 0.2) is 78.9 Å². The van der Waals surface area contributed by atoms with Crippen LogP contribution in [0.25, 0.3) is 16.9 Å². The van der Waals surface area contributed by atoms with Crippen LogP contribution in [0.2, 0.25) is 5.02 Å². The molecule has 0 saturated carbocycles. The number of nitrogens with one attached hydrogen (secondary N) is 1. The Balaban J connectivity index is 1.77. The topological polar surface area (TPSA) is 65.4 Å². The summed E-state index contributed by atoms with van der Waals surface area (Å²) in [5.41, 5.74) is 3.40. The Morgan fingerprint density at radius 1 is 0.970 bits per heavy atom. The van der Waals surface area contributed by atoms with Crippen molar-refractivity contribution in [1.82, 2.24) is 15.1 Å². The molecule has 4 rings (SSSR count). The lowest BCUT2D eigenvalue weighted by atomic mass is 10.1. The SMILES string of the molecule is COc1ccc(-c2cc(C(=O)NC(C)c3ccccc3)n(-c3cccc(Cl)c3)n2)c(OC)c1. The average Bonchev–Trinajstić information content (AvgIpc) is 3.29. The number of nitrogens with zero attached hydrogens (tertiary/aromatic N) is 2. The number of aromatic nitrogens is 2. The minimum Gasteiger partial charge on any atom is -0.497 e. The van der Waals surface area contributed by atoms with Gasteiger partial charge in [0.05, 0.1) is 31.6 Å². The molecule has 4 aromatic rings. The van der Waals surface area contributed by atoms with Crippen molar-refractivity contribution >= 4 is 17.5 Å². The number of ether oxygens (including phenoxy) is 2. The van der Waals surface area contributed by atoms with Crippen molar-refractivity contribution in [3.8, 4) is 28.4 Å². The smallest absolute Gasteiger partial charge is 0.270 e. The van der Waals surface area contributed by atoms with E-state index >= 15 is 0 Å². The van der Waals surface area contributed by atoms with Gasteiger partial charge in [-0.3, -0.25) is 4.79 Å². The number of benzene rings is 3. The van der Waals surface area contributed by atoms with Crippen molar-refractivity contribution in [3.05, 3.63) is 95.1 Å². The van der Waals surface area contributed by atoms with E-state index < -0.39 is 0 Å². The zero-order valence-corrected chi connectivity index (χ0v) is 19.3. The molecule has 0 radical (unpaired) electrons. The number of rotatable bonds is 7. The highest BCUT2D eigenvalue weighted by Gasteiger charge is 2.21. The molecule has 0 aliphatic carbocycles. The van der Waals surface area contributed by atoms with Crippen molar-refractivity contribution < 1.29 is 14.3 Å². The predicted octanol–water partition coefficient (Wildman–Crippen LogP) is 5.70. The molecule has 168 valence electrons. The molecule has 1 unspecified atom stereocenters. The molecular formula is C26H24ClN3O3. The van der Waals surface area contributed by atoms with E-state index in [1.807, 2.05) is 61.5 Å². The average molecular weight is 462 g/mol. The van der Waals surface area contributed by atoms with Gasteiger partial charge in [-0.2, -0.15) is 5.10 Å². The number of hydrogen-bond donors (Lipinski definition) is 1. The molecule has 1 aromatic heterocycles. The van der Waals surface area contributed by atoms with Crippen LogP contribution < -0.4 is 14.8 Å². The van der Waals surface area contributed by atoms with Crippen molar-refractivity contribution in [2.75, 3.05) is 14.2 Å². The summed E-state index contributed by atoms with van der Waals surface area (Å²) in [6.07, 6.45) is 0. The van der Waals surface area contributed by atoms with E-state index in [9.17, 15) is 4.79 Å². The summed E-state index contributed by atoms with van der Waals surface area (Å²) in [4.78, 5) is 13.4.